The van der Waals surface area contributed by atoms with E-state index in [-0.39, 0.29) is 113 Å². The normalized spacial score (nSPS) is 16.3. The second-order valence-corrected chi connectivity index (χ2v) is 22.1. The maximum atomic E-state index is 4.70. The fourth-order valence-corrected chi connectivity index (χ4v) is 6.17. The van der Waals surface area contributed by atoms with Crippen LogP contribution >= 0.6 is 0 Å². The fraction of sp³-hybridized carbons (Fsp3) is 1.00. The van der Waals surface area contributed by atoms with Gasteiger partial charge < -0.3 is 63.8 Å². The average Bonchev–Trinajstić information content (AvgIpc) is 3.26. The van der Waals surface area contributed by atoms with E-state index >= 15 is 0 Å². The number of hydrogen-bond donors (Lipinski definition) is 0. The van der Waals surface area contributed by atoms with Gasteiger partial charge in [-0.15, -0.1) is 48.3 Å². The Bertz CT molecular complexity index is 985. The van der Waals surface area contributed by atoms with Crippen molar-refractivity contribution in [2.75, 3.05) is 40.3 Å². The summed E-state index contributed by atoms with van der Waals surface area (Å²) in [4.78, 5) is 0. The summed E-state index contributed by atoms with van der Waals surface area (Å²) in [7, 11) is 3.65. The molecule has 0 N–H and O–H groups in total. The monoisotopic (exact) mass is 1330 g/mol. The third-order valence-electron chi connectivity index (χ3n) is 11.6. The van der Waals surface area contributed by atoms with Crippen LogP contribution in [0.2, 0.25) is 0 Å². The number of rotatable bonds is 30. The molecule has 0 aromatic carbocycles. The van der Waals surface area contributed by atoms with E-state index in [0.29, 0.717) is 96.7 Å². The zero-order valence-corrected chi connectivity index (χ0v) is 62.0. The molecule has 0 heterocycles. The minimum Gasteiger partial charge on any atom is -0.664 e. The van der Waals surface area contributed by atoms with Crippen LogP contribution in [0.4, 0.5) is 0 Å². The number of likely N-dealkylation sites (N-methyl/N-ethyl adjacent to an activating group) is 4. The summed E-state index contributed by atoms with van der Waals surface area (Å²) >= 11 is 0. The third-order valence-corrected chi connectivity index (χ3v) is 11.6. The summed E-state index contributed by atoms with van der Waals surface area (Å²) < 4.78 is 0. The van der Waals surface area contributed by atoms with Gasteiger partial charge in [-0.1, -0.05) is 233 Å². The molecule has 0 amide bonds. The second kappa shape index (κ2) is 66.8. The molecule has 0 aromatic heterocycles. The molecule has 12 nitrogen and oxygen atoms in total. The number of hydrogen-bond acceptors (Lipinski definition) is 0. The molecule has 18 heteroatoms. The predicted octanol–water partition coefficient (Wildman–Crippen LogP) is 19.2. The molecule has 0 aliphatic heterocycles. The Morgan fingerprint density at radius 3 is 0.684 bits per heavy atom. The molecule has 0 spiro atoms. The minimum atomic E-state index is 0. The molecular formula is C58H128Fe6N12. The van der Waals surface area contributed by atoms with Crippen molar-refractivity contribution in [3.05, 3.63) is 63.8 Å². The Hall–Kier alpha value is 2.64. The molecule has 0 bridgehead atoms. The van der Waals surface area contributed by atoms with Gasteiger partial charge in [0, 0.05) is 0 Å². The molecule has 468 valence electrons. The van der Waals surface area contributed by atoms with Crippen molar-refractivity contribution in [1.82, 2.24) is 0 Å². The van der Waals surface area contributed by atoms with E-state index in [9.17, 15) is 0 Å². The average molecular weight is 1330 g/mol. The Balaban J connectivity index is -0.0000000642. The zero-order valence-electron chi connectivity index (χ0n) is 55.4. The van der Waals surface area contributed by atoms with Crippen LogP contribution in [0.25, 0.3) is 63.8 Å². The Morgan fingerprint density at radius 1 is 0.289 bits per heavy atom. The predicted molar refractivity (Wildman–Crippen MR) is 326 cm³/mol. The summed E-state index contributed by atoms with van der Waals surface area (Å²) in [5.41, 5.74) is 0.0855. The van der Waals surface area contributed by atoms with E-state index in [4.69, 9.17) is 10.6 Å². The van der Waals surface area contributed by atoms with E-state index in [2.05, 4.69) is 261 Å². The van der Waals surface area contributed by atoms with Gasteiger partial charge in [-0.25, -0.2) is 0 Å². The third kappa shape index (κ3) is 78.7. The smallest absolute Gasteiger partial charge is 0.664 e. The topological polar surface area (TPSA) is 169 Å². The summed E-state index contributed by atoms with van der Waals surface area (Å²) in [6.07, 6.45) is 4.54. The van der Waals surface area contributed by atoms with Crippen LogP contribution in [-0.2, 0) is 102 Å². The van der Waals surface area contributed by atoms with E-state index in [0.717, 1.165) is 51.9 Å². The largest absolute Gasteiger partial charge is 2.00 e. The second-order valence-electron chi connectivity index (χ2n) is 22.1. The van der Waals surface area contributed by atoms with Gasteiger partial charge in [-0.2, -0.15) is 99.7 Å². The Kier molecular flexibility index (Phi) is 93.8. The first-order chi connectivity index (χ1) is 32.1. The quantitative estimate of drug-likeness (QED) is 0.0625. The van der Waals surface area contributed by atoms with Gasteiger partial charge in [0.25, 0.3) is 0 Å². The molecule has 0 radical (unpaired) electrons. The van der Waals surface area contributed by atoms with E-state index in [1.807, 2.05) is 14.1 Å². The molecule has 0 saturated heterocycles. The van der Waals surface area contributed by atoms with Crippen molar-refractivity contribution in [1.29, 1.82) is 0 Å². The van der Waals surface area contributed by atoms with Crippen molar-refractivity contribution >= 4 is 0 Å². The van der Waals surface area contributed by atoms with E-state index in [1.54, 1.807) is 0 Å². The standard InChI is InChI=1S/2C12H26N2.2C10H22N2.C8H18N2.C6H14N2.6Fe/c1-9(13-11(3,4)5)10(2)14-12(6,7)8;1-7-9(3)13-11(5)12(6)14-10(4)8-2;1-7(2)11-9(5)10(6)12-8(3)4;1-5-7-11-9(3)10(4)12-8-6-2;1-5-9-7(3)8(4)10-6-2;1-5(7-3)6(2)8-4;;;;;;/h9-10H,1-8H3;9-12H,7-8H2,1-6H3;7-10H,1-6H3;9-10H,5-8H2,1-4H3;7-8H,5-6H2,1-4H3;5-6H,1-4H3;;;;;;/q6*-2;6*+2. The van der Waals surface area contributed by atoms with Crippen LogP contribution in [0.3, 0.4) is 0 Å². The van der Waals surface area contributed by atoms with Gasteiger partial charge in [-0.3, -0.25) is 0 Å². The summed E-state index contributed by atoms with van der Waals surface area (Å²) in [5.74, 6) is 0. The van der Waals surface area contributed by atoms with Crippen molar-refractivity contribution in [3.63, 3.8) is 0 Å². The summed E-state index contributed by atoms with van der Waals surface area (Å²) in [5, 5.41) is 53.7. The van der Waals surface area contributed by atoms with Crippen molar-refractivity contribution in [3.8, 4) is 0 Å². The summed E-state index contributed by atoms with van der Waals surface area (Å²) in [6.45, 7) is 67.7. The first-order valence-electron chi connectivity index (χ1n) is 28.2. The molecule has 0 fully saturated rings. The van der Waals surface area contributed by atoms with Gasteiger partial charge >= 0.3 is 102 Å². The van der Waals surface area contributed by atoms with Gasteiger partial charge in [0.15, 0.2) is 0 Å². The first-order valence-corrected chi connectivity index (χ1v) is 28.2. The van der Waals surface area contributed by atoms with Crippen molar-refractivity contribution in [2.45, 2.75) is 341 Å². The summed E-state index contributed by atoms with van der Waals surface area (Å²) in [6, 6.07) is 6.15. The van der Waals surface area contributed by atoms with Crippen LogP contribution in [0, 0.1) is 0 Å². The molecule has 0 rings (SSSR count). The van der Waals surface area contributed by atoms with Crippen LogP contribution in [0.5, 0.6) is 0 Å². The van der Waals surface area contributed by atoms with Crippen molar-refractivity contribution in [2.24, 2.45) is 0 Å². The Labute approximate surface area is 543 Å². The van der Waals surface area contributed by atoms with E-state index < -0.39 is 0 Å². The van der Waals surface area contributed by atoms with E-state index in [1.165, 1.54) is 0 Å². The molecular weight excluding hydrogens is 1200 g/mol. The molecule has 76 heavy (non-hydrogen) atoms. The molecule has 14 atom stereocenters. The van der Waals surface area contributed by atoms with Gasteiger partial charge in [0.1, 0.15) is 0 Å². The number of nitrogens with zero attached hydrogens (tertiary/aromatic N) is 12. The first kappa shape index (κ1) is 107. The SMILES string of the molecule is CC(C)[N-]C(C)C(C)[N-]C(C)C.CC([N-]C(C)(C)C)C(C)[N-]C(C)(C)C.CCC(C)[N-]C(C)C(C)[N-]C(C)CC.CCC[N-]C(C)C(C)[N-]CCC.CC[N-]C(C)C(C)[N-]CC.C[N-]C(C)C(C)[N-]C.[Fe+2].[Fe+2].[Fe+2].[Fe+2].[Fe+2].[Fe+2]. The zero-order chi connectivity index (χ0) is 56.4. The van der Waals surface area contributed by atoms with Crippen molar-refractivity contribution < 1.29 is 102 Å². The van der Waals surface area contributed by atoms with Crippen LogP contribution in [0.1, 0.15) is 233 Å². The van der Waals surface area contributed by atoms with Gasteiger partial charge in [0.05, 0.1) is 0 Å². The molecule has 0 aliphatic carbocycles. The maximum Gasteiger partial charge on any atom is 2.00 e. The molecule has 14 unspecified atom stereocenters. The minimum absolute atomic E-state index is 0. The van der Waals surface area contributed by atoms with Crippen LogP contribution in [0.15, 0.2) is 0 Å². The molecule has 0 saturated carbocycles. The van der Waals surface area contributed by atoms with Crippen LogP contribution in [-0.4, -0.2) is 148 Å². The maximum absolute atomic E-state index is 4.70. The fourth-order valence-electron chi connectivity index (χ4n) is 6.17. The Morgan fingerprint density at radius 2 is 0.513 bits per heavy atom. The van der Waals surface area contributed by atoms with Gasteiger partial charge in [-0.05, 0) is 0 Å². The molecule has 0 aliphatic rings. The van der Waals surface area contributed by atoms with Crippen LogP contribution < -0.4 is 0 Å². The van der Waals surface area contributed by atoms with Gasteiger partial charge in [0.2, 0.25) is 0 Å². The molecule has 0 aromatic rings.